The Morgan fingerprint density at radius 2 is 1.41 bits per heavy atom. The fourth-order valence-corrected chi connectivity index (χ4v) is 1.02. The van der Waals surface area contributed by atoms with E-state index in [1.54, 1.807) is 24.3 Å². The maximum Gasteiger partial charge on any atom is 0.115 e. The third-order valence-electron chi connectivity index (χ3n) is 2.04. The third-order valence-corrected chi connectivity index (χ3v) is 2.04. The fourth-order valence-electron chi connectivity index (χ4n) is 1.02. The largest absolute Gasteiger partial charge is 0.508 e. The van der Waals surface area contributed by atoms with Crippen molar-refractivity contribution < 1.29 is 15.3 Å². The molecule has 0 saturated heterocycles. The average molecular weight is 242 g/mol. The van der Waals surface area contributed by atoms with Gasteiger partial charge in [-0.25, -0.2) is 0 Å². The second-order valence-electron chi connectivity index (χ2n) is 3.66. The number of para-hydroxylation sites is 1. The molecule has 0 fully saturated rings. The number of aromatic hydroxyl groups is 1. The van der Waals surface area contributed by atoms with E-state index in [2.05, 4.69) is 13.8 Å². The minimum atomic E-state index is 0. The number of hydrogen-bond donors (Lipinski definition) is 1. The summed E-state index contributed by atoms with van der Waals surface area (Å²) in [6.45, 7) is 6.28. The monoisotopic (exact) mass is 242 g/mol. The Bertz CT molecular complexity index is 218. The number of hydrogen-bond acceptors (Lipinski definition) is 2. The second kappa shape index (κ2) is 14.9. The van der Waals surface area contributed by atoms with Crippen LogP contribution in [0.25, 0.3) is 0 Å². The molecule has 0 aliphatic rings. The van der Waals surface area contributed by atoms with Crippen molar-refractivity contribution in [2.24, 2.45) is 0 Å². The molecule has 0 aliphatic heterocycles. The lowest BCUT2D eigenvalue weighted by Gasteiger charge is -1.99. The zero-order valence-corrected chi connectivity index (χ0v) is 11.0. The second-order valence-corrected chi connectivity index (χ2v) is 3.66. The summed E-state index contributed by atoms with van der Waals surface area (Å²) in [5.41, 5.74) is 0. The lowest BCUT2D eigenvalue weighted by molar-refractivity contribution is 0.128. The van der Waals surface area contributed by atoms with Gasteiger partial charge in [0.15, 0.2) is 0 Å². The lowest BCUT2D eigenvalue weighted by atomic mass is 10.3. The van der Waals surface area contributed by atoms with Gasteiger partial charge in [0.05, 0.1) is 0 Å². The quantitative estimate of drug-likeness (QED) is 0.779. The Kier molecular flexibility index (Phi) is 16.1. The van der Waals surface area contributed by atoms with Crippen LogP contribution >= 0.6 is 0 Å². The Balaban J connectivity index is 0. The SMILES string of the molecule is CCCCOCCCC.O.Oc1ccccc1. The van der Waals surface area contributed by atoms with Crippen LogP contribution < -0.4 is 0 Å². The van der Waals surface area contributed by atoms with Crippen LogP contribution in [0.1, 0.15) is 39.5 Å². The van der Waals surface area contributed by atoms with E-state index in [4.69, 9.17) is 9.84 Å². The van der Waals surface area contributed by atoms with Crippen molar-refractivity contribution in [3.05, 3.63) is 30.3 Å². The molecule has 3 nitrogen and oxygen atoms in total. The predicted octanol–water partition coefficient (Wildman–Crippen LogP) is 3.17. The standard InChI is InChI=1S/C8H18O.C6H6O.H2O/c1-3-5-7-9-8-6-4-2;7-6-4-2-1-3-5-6;/h3-8H2,1-2H3;1-5,7H;1H2. The molecular formula is C14H26O3. The number of rotatable bonds is 6. The van der Waals surface area contributed by atoms with E-state index in [1.165, 1.54) is 25.7 Å². The van der Waals surface area contributed by atoms with Crippen molar-refractivity contribution in [2.45, 2.75) is 39.5 Å². The van der Waals surface area contributed by atoms with Gasteiger partial charge < -0.3 is 15.3 Å². The van der Waals surface area contributed by atoms with Gasteiger partial charge in [-0.2, -0.15) is 0 Å². The molecular weight excluding hydrogens is 216 g/mol. The van der Waals surface area contributed by atoms with Crippen LogP contribution in [0.2, 0.25) is 0 Å². The van der Waals surface area contributed by atoms with E-state index in [9.17, 15) is 0 Å². The van der Waals surface area contributed by atoms with Crippen molar-refractivity contribution in [3.63, 3.8) is 0 Å². The highest BCUT2D eigenvalue weighted by Gasteiger charge is 1.84. The molecule has 3 heteroatoms. The Morgan fingerprint density at radius 3 is 1.71 bits per heavy atom. The number of phenolic OH excluding ortho intramolecular Hbond substituents is 1. The maximum absolute atomic E-state index is 8.63. The van der Waals surface area contributed by atoms with Gasteiger partial charge in [0, 0.05) is 13.2 Å². The van der Waals surface area contributed by atoms with Crippen LogP contribution in [0, 0.1) is 0 Å². The van der Waals surface area contributed by atoms with Crippen LogP contribution in [0.15, 0.2) is 30.3 Å². The lowest BCUT2D eigenvalue weighted by Crippen LogP contribution is -1.95. The molecule has 100 valence electrons. The molecule has 17 heavy (non-hydrogen) atoms. The van der Waals surface area contributed by atoms with Gasteiger partial charge in [0.2, 0.25) is 0 Å². The zero-order chi connectivity index (χ0) is 12.1. The Hall–Kier alpha value is -1.06. The van der Waals surface area contributed by atoms with Crippen molar-refractivity contribution in [3.8, 4) is 5.75 Å². The molecule has 0 saturated carbocycles. The Labute approximate surface area is 105 Å². The first-order valence-electron chi connectivity index (χ1n) is 6.13. The first-order chi connectivity index (χ1) is 7.81. The van der Waals surface area contributed by atoms with Crippen molar-refractivity contribution in [1.29, 1.82) is 0 Å². The zero-order valence-electron chi connectivity index (χ0n) is 11.0. The van der Waals surface area contributed by atoms with Gasteiger partial charge >= 0.3 is 0 Å². The van der Waals surface area contributed by atoms with Crippen LogP contribution in [0.3, 0.4) is 0 Å². The predicted molar refractivity (Wildman–Crippen MR) is 72.4 cm³/mol. The molecule has 1 aromatic rings. The molecule has 0 atom stereocenters. The van der Waals surface area contributed by atoms with Gasteiger partial charge in [0.25, 0.3) is 0 Å². The van der Waals surface area contributed by atoms with E-state index in [1.807, 2.05) is 6.07 Å². The highest BCUT2D eigenvalue weighted by atomic mass is 16.5. The fraction of sp³-hybridized carbons (Fsp3) is 0.571. The summed E-state index contributed by atoms with van der Waals surface area (Å²) in [7, 11) is 0. The van der Waals surface area contributed by atoms with E-state index < -0.39 is 0 Å². The average Bonchev–Trinajstić information content (AvgIpc) is 2.31. The van der Waals surface area contributed by atoms with Gasteiger partial charge in [-0.15, -0.1) is 0 Å². The van der Waals surface area contributed by atoms with Crippen LogP contribution in [-0.2, 0) is 4.74 Å². The molecule has 0 heterocycles. The van der Waals surface area contributed by atoms with Crippen molar-refractivity contribution in [2.75, 3.05) is 13.2 Å². The summed E-state index contributed by atoms with van der Waals surface area (Å²) < 4.78 is 5.31. The molecule has 3 N–H and O–H groups in total. The molecule has 1 rings (SSSR count). The molecule has 0 bridgehead atoms. The number of ether oxygens (including phenoxy) is 1. The first-order valence-corrected chi connectivity index (χ1v) is 6.13. The van der Waals surface area contributed by atoms with E-state index >= 15 is 0 Å². The third kappa shape index (κ3) is 14.9. The van der Waals surface area contributed by atoms with Crippen molar-refractivity contribution >= 4 is 0 Å². The van der Waals surface area contributed by atoms with Crippen LogP contribution in [0.4, 0.5) is 0 Å². The minimum absolute atomic E-state index is 0. The number of phenols is 1. The summed E-state index contributed by atoms with van der Waals surface area (Å²) in [6.07, 6.45) is 4.91. The normalized spacial score (nSPS) is 8.82. The van der Waals surface area contributed by atoms with Gasteiger partial charge in [-0.3, -0.25) is 0 Å². The summed E-state index contributed by atoms with van der Waals surface area (Å²) >= 11 is 0. The summed E-state index contributed by atoms with van der Waals surface area (Å²) in [4.78, 5) is 0. The van der Waals surface area contributed by atoms with E-state index in [0.717, 1.165) is 13.2 Å². The summed E-state index contributed by atoms with van der Waals surface area (Å²) in [5.74, 6) is 0.322. The minimum Gasteiger partial charge on any atom is -0.508 e. The molecule has 0 radical (unpaired) electrons. The molecule has 0 aliphatic carbocycles. The summed E-state index contributed by atoms with van der Waals surface area (Å²) in [5, 5.41) is 8.63. The highest BCUT2D eigenvalue weighted by Crippen LogP contribution is 2.02. The van der Waals surface area contributed by atoms with Crippen molar-refractivity contribution in [1.82, 2.24) is 0 Å². The number of unbranched alkanes of at least 4 members (excludes halogenated alkanes) is 2. The van der Waals surface area contributed by atoms with Gasteiger partial charge in [0.1, 0.15) is 5.75 Å². The smallest absolute Gasteiger partial charge is 0.115 e. The first kappa shape index (κ1) is 18.3. The highest BCUT2D eigenvalue weighted by molar-refractivity contribution is 5.18. The summed E-state index contributed by atoms with van der Waals surface area (Å²) in [6, 6.07) is 8.71. The van der Waals surface area contributed by atoms with E-state index in [-0.39, 0.29) is 5.48 Å². The van der Waals surface area contributed by atoms with Gasteiger partial charge in [-0.1, -0.05) is 44.9 Å². The van der Waals surface area contributed by atoms with Crippen LogP contribution in [0.5, 0.6) is 5.75 Å². The van der Waals surface area contributed by atoms with Gasteiger partial charge in [-0.05, 0) is 25.0 Å². The Morgan fingerprint density at radius 1 is 0.941 bits per heavy atom. The molecule has 1 aromatic carbocycles. The maximum atomic E-state index is 8.63. The topological polar surface area (TPSA) is 61.0 Å². The van der Waals surface area contributed by atoms with E-state index in [0.29, 0.717) is 5.75 Å². The molecule has 0 amide bonds. The molecule has 0 spiro atoms. The molecule has 0 aromatic heterocycles. The van der Waals surface area contributed by atoms with Crippen LogP contribution in [-0.4, -0.2) is 23.8 Å². The number of benzene rings is 1. The molecule has 0 unspecified atom stereocenters.